The van der Waals surface area contributed by atoms with Crippen LogP contribution in [0.1, 0.15) is 38.4 Å². The molecule has 3 rings (SSSR count). The number of ether oxygens (including phenoxy) is 1. The highest BCUT2D eigenvalue weighted by molar-refractivity contribution is 14.1. The Labute approximate surface area is 183 Å². The largest absolute Gasteiger partial charge is 0.444 e. The lowest BCUT2D eigenvalue weighted by Crippen LogP contribution is -2.40. The fourth-order valence-corrected chi connectivity index (χ4v) is 3.84. The number of halogens is 2. The summed E-state index contributed by atoms with van der Waals surface area (Å²) in [5, 5.41) is 5.46. The number of nitrogens with zero attached hydrogens (tertiary/aromatic N) is 3. The molecule has 0 saturated heterocycles. The van der Waals surface area contributed by atoms with E-state index in [1.807, 2.05) is 43.7 Å². The lowest BCUT2D eigenvalue weighted by molar-refractivity contribution is -0.108. The van der Waals surface area contributed by atoms with Crippen molar-refractivity contribution >= 4 is 46.6 Å². The molecule has 2 heterocycles. The second-order valence-electron chi connectivity index (χ2n) is 7.73. The zero-order chi connectivity index (χ0) is 20.5. The highest BCUT2D eigenvalue weighted by atomic mass is 127. The van der Waals surface area contributed by atoms with E-state index in [0.717, 1.165) is 32.4 Å². The summed E-state index contributed by atoms with van der Waals surface area (Å²) in [7, 11) is 0. The van der Waals surface area contributed by atoms with Gasteiger partial charge >= 0.3 is 6.09 Å². The second-order valence-corrected chi connectivity index (χ2v) is 9.30. The van der Waals surface area contributed by atoms with E-state index in [2.05, 4.69) is 22.6 Å². The van der Waals surface area contributed by atoms with Crippen LogP contribution in [0.4, 0.5) is 4.79 Å². The van der Waals surface area contributed by atoms with Crippen LogP contribution < -0.4 is 0 Å². The molecule has 0 bridgehead atoms. The van der Waals surface area contributed by atoms with Gasteiger partial charge in [-0.05, 0) is 55.5 Å². The maximum Gasteiger partial charge on any atom is 0.410 e. The Kier molecular flexibility index (Phi) is 6.34. The molecule has 0 radical (unpaired) electrons. The van der Waals surface area contributed by atoms with Crippen LogP contribution in [0, 0.1) is 3.57 Å². The Morgan fingerprint density at radius 1 is 1.39 bits per heavy atom. The predicted molar refractivity (Wildman–Crippen MR) is 116 cm³/mol. The van der Waals surface area contributed by atoms with Gasteiger partial charge < -0.3 is 14.4 Å². The van der Waals surface area contributed by atoms with Crippen molar-refractivity contribution in [3.63, 3.8) is 0 Å². The molecule has 8 heteroatoms. The first kappa shape index (κ1) is 21.1. The molecule has 0 aliphatic carbocycles. The third-order valence-electron chi connectivity index (χ3n) is 4.44. The molecule has 0 saturated carbocycles. The first-order chi connectivity index (χ1) is 13.2. The molecule has 0 spiro atoms. The molecular weight excluding hydrogens is 493 g/mol. The first-order valence-electron chi connectivity index (χ1n) is 9.15. The Morgan fingerprint density at radius 2 is 2.14 bits per heavy atom. The van der Waals surface area contributed by atoms with E-state index in [1.54, 1.807) is 4.90 Å². The lowest BCUT2D eigenvalue weighted by Gasteiger charge is -2.30. The van der Waals surface area contributed by atoms with E-state index < -0.39 is 5.60 Å². The minimum absolute atomic E-state index is 0.324. The molecule has 1 aromatic carbocycles. The fraction of sp³-hybridized carbons (Fsp3) is 0.450. The molecular formula is C20H23ClIN3O3. The topological polar surface area (TPSA) is 64.4 Å². The molecule has 0 N–H and O–H groups in total. The Bertz CT molecular complexity index is 905. The smallest absolute Gasteiger partial charge is 0.410 e. The van der Waals surface area contributed by atoms with E-state index >= 15 is 0 Å². The van der Waals surface area contributed by atoms with Gasteiger partial charge in [0.05, 0.1) is 17.3 Å². The van der Waals surface area contributed by atoms with Crippen molar-refractivity contribution in [3.05, 3.63) is 38.0 Å². The number of carbonyl (C=O) groups is 2. The van der Waals surface area contributed by atoms with Gasteiger partial charge in [0, 0.05) is 46.3 Å². The van der Waals surface area contributed by atoms with Gasteiger partial charge in [0.1, 0.15) is 11.9 Å². The van der Waals surface area contributed by atoms with Crippen molar-refractivity contribution < 1.29 is 14.3 Å². The number of rotatable bonds is 4. The average molecular weight is 516 g/mol. The van der Waals surface area contributed by atoms with Gasteiger partial charge in [0.15, 0.2) is 0 Å². The van der Waals surface area contributed by atoms with E-state index in [0.29, 0.717) is 37.5 Å². The summed E-state index contributed by atoms with van der Waals surface area (Å²) in [6.45, 7) is 7.10. The number of hydrogen-bond donors (Lipinski definition) is 0. The van der Waals surface area contributed by atoms with E-state index in [9.17, 15) is 9.59 Å². The van der Waals surface area contributed by atoms with Crippen LogP contribution in [0.25, 0.3) is 11.3 Å². The van der Waals surface area contributed by atoms with E-state index in [1.165, 1.54) is 0 Å². The van der Waals surface area contributed by atoms with Crippen molar-refractivity contribution in [2.24, 2.45) is 0 Å². The van der Waals surface area contributed by atoms with Gasteiger partial charge in [-0.3, -0.25) is 4.68 Å². The number of carbonyl (C=O) groups excluding carboxylic acids is 2. The summed E-state index contributed by atoms with van der Waals surface area (Å²) >= 11 is 8.36. The Morgan fingerprint density at radius 3 is 2.79 bits per heavy atom. The van der Waals surface area contributed by atoms with Crippen molar-refractivity contribution in [1.29, 1.82) is 0 Å². The summed E-state index contributed by atoms with van der Waals surface area (Å²) in [5.41, 5.74) is 3.30. The predicted octanol–water partition coefficient (Wildman–Crippen LogP) is 4.69. The third kappa shape index (κ3) is 4.68. The average Bonchev–Trinajstić information content (AvgIpc) is 2.99. The van der Waals surface area contributed by atoms with Crippen LogP contribution in [-0.2, 0) is 29.0 Å². The first-order valence-corrected chi connectivity index (χ1v) is 10.6. The summed E-state index contributed by atoms with van der Waals surface area (Å²) in [4.78, 5) is 25.1. The third-order valence-corrected chi connectivity index (χ3v) is 5.98. The number of aldehydes is 1. The van der Waals surface area contributed by atoms with Crippen LogP contribution in [0.2, 0.25) is 5.02 Å². The minimum Gasteiger partial charge on any atom is -0.444 e. The van der Waals surface area contributed by atoms with Crippen LogP contribution in [-0.4, -0.2) is 39.2 Å². The van der Waals surface area contributed by atoms with Crippen molar-refractivity contribution in [1.82, 2.24) is 14.7 Å². The highest BCUT2D eigenvalue weighted by Gasteiger charge is 2.30. The van der Waals surface area contributed by atoms with Crippen LogP contribution in [0.5, 0.6) is 0 Å². The van der Waals surface area contributed by atoms with E-state index in [4.69, 9.17) is 21.4 Å². The maximum absolute atomic E-state index is 12.6. The number of amides is 1. The molecule has 1 aliphatic heterocycles. The standard InChI is InChI=1S/C20H23ClIN3O3/c1-20(2,3)28-19(27)24-9-7-17-14(12-24)18(23-25(17)8-4-10-26)13-5-6-15(21)16(22)11-13/h5-6,10-11H,4,7-9,12H2,1-3H3. The maximum atomic E-state index is 12.6. The van der Waals surface area contributed by atoms with Gasteiger partial charge in [-0.15, -0.1) is 0 Å². The summed E-state index contributed by atoms with van der Waals surface area (Å²) in [5.74, 6) is 0. The van der Waals surface area contributed by atoms with Crippen LogP contribution in [0.15, 0.2) is 18.2 Å². The number of benzene rings is 1. The van der Waals surface area contributed by atoms with Crippen LogP contribution in [0.3, 0.4) is 0 Å². The van der Waals surface area contributed by atoms with E-state index in [-0.39, 0.29) is 6.09 Å². The Hall–Kier alpha value is -1.61. The number of fused-ring (bicyclic) bond motifs is 1. The number of hydrogen-bond acceptors (Lipinski definition) is 4. The minimum atomic E-state index is -0.541. The molecule has 0 unspecified atom stereocenters. The number of aromatic nitrogens is 2. The molecule has 0 atom stereocenters. The van der Waals surface area contributed by atoms with Crippen molar-refractivity contribution in [2.75, 3.05) is 6.54 Å². The monoisotopic (exact) mass is 515 g/mol. The van der Waals surface area contributed by atoms with Gasteiger partial charge in [-0.1, -0.05) is 17.7 Å². The molecule has 28 heavy (non-hydrogen) atoms. The lowest BCUT2D eigenvalue weighted by atomic mass is 10.0. The molecule has 0 fully saturated rings. The normalized spacial score (nSPS) is 14.0. The zero-order valence-electron chi connectivity index (χ0n) is 16.2. The summed E-state index contributed by atoms with van der Waals surface area (Å²) < 4.78 is 8.37. The number of aryl methyl sites for hydroxylation is 1. The molecule has 1 aliphatic rings. The quantitative estimate of drug-likeness (QED) is 0.438. The van der Waals surface area contributed by atoms with Crippen molar-refractivity contribution in [3.8, 4) is 11.3 Å². The van der Waals surface area contributed by atoms with Crippen molar-refractivity contribution in [2.45, 2.75) is 52.3 Å². The SMILES string of the molecule is CC(C)(C)OC(=O)N1CCc2c(c(-c3ccc(Cl)c(I)c3)nn2CCC=O)C1. The highest BCUT2D eigenvalue weighted by Crippen LogP contribution is 2.33. The zero-order valence-corrected chi connectivity index (χ0v) is 19.1. The van der Waals surface area contributed by atoms with Gasteiger partial charge in [-0.2, -0.15) is 5.10 Å². The second kappa shape index (κ2) is 8.41. The van der Waals surface area contributed by atoms with Crippen LogP contribution >= 0.6 is 34.2 Å². The van der Waals surface area contributed by atoms with Gasteiger partial charge in [0.25, 0.3) is 0 Å². The van der Waals surface area contributed by atoms with Gasteiger partial charge in [-0.25, -0.2) is 4.79 Å². The fourth-order valence-electron chi connectivity index (χ4n) is 3.21. The Balaban J connectivity index is 1.98. The molecule has 2 aromatic rings. The molecule has 6 nitrogen and oxygen atoms in total. The van der Waals surface area contributed by atoms with Gasteiger partial charge in [0.2, 0.25) is 0 Å². The summed E-state index contributed by atoms with van der Waals surface area (Å²) in [6, 6.07) is 5.77. The summed E-state index contributed by atoms with van der Waals surface area (Å²) in [6.07, 6.45) is 1.65. The molecule has 1 aromatic heterocycles. The molecule has 150 valence electrons. The molecule has 1 amide bonds.